The molecule has 0 atom stereocenters. The minimum Gasteiger partial charge on any atom is -0.466 e. The number of esters is 3. The smallest absolute Gasteiger partial charge is 0.408 e. The molecule has 0 aromatic carbocycles. The number of alkyl carbamates (subject to hydrolysis) is 1. The van der Waals surface area contributed by atoms with E-state index in [1.165, 1.54) is 0 Å². The van der Waals surface area contributed by atoms with E-state index in [1.807, 2.05) is 0 Å². The van der Waals surface area contributed by atoms with Gasteiger partial charge < -0.3 is 43.8 Å². The fraction of sp³-hybridized carbons (Fsp3) is 0.808. The predicted molar refractivity (Wildman–Crippen MR) is 141 cm³/mol. The Kier molecular flexibility index (Phi) is 19.3. The van der Waals surface area contributed by atoms with Crippen molar-refractivity contribution in [1.29, 1.82) is 0 Å². The van der Waals surface area contributed by atoms with Crippen molar-refractivity contribution in [2.45, 2.75) is 71.9 Å². The number of nitrogens with one attached hydrogen (secondary N) is 2. The molecular weight excluding hydrogens is 532 g/mol. The van der Waals surface area contributed by atoms with Crippen LogP contribution >= 0.6 is 0 Å². The summed E-state index contributed by atoms with van der Waals surface area (Å²) in [6.45, 7) is 9.84. The van der Waals surface area contributed by atoms with E-state index >= 15 is 0 Å². The first-order valence-electron chi connectivity index (χ1n) is 13.3. The van der Waals surface area contributed by atoms with Gasteiger partial charge in [-0.1, -0.05) is 0 Å². The van der Waals surface area contributed by atoms with Crippen LogP contribution in [0.25, 0.3) is 0 Å². The van der Waals surface area contributed by atoms with Gasteiger partial charge in [0.25, 0.3) is 0 Å². The van der Waals surface area contributed by atoms with Crippen molar-refractivity contribution in [1.82, 2.24) is 10.6 Å². The van der Waals surface area contributed by atoms with E-state index in [4.69, 9.17) is 33.2 Å². The number of rotatable bonds is 21. The largest absolute Gasteiger partial charge is 0.466 e. The Labute approximate surface area is 236 Å². The third kappa shape index (κ3) is 20.0. The number of hydrogen-bond acceptors (Lipinski definition) is 12. The SMILES string of the molecule is CCOC(=O)CCOCC(COCCC(=O)OCC)(COCCC(=O)OCC)NC(=O)CNC(=O)OC(C)(C)C. The van der Waals surface area contributed by atoms with Crippen molar-refractivity contribution in [3.8, 4) is 0 Å². The first-order chi connectivity index (χ1) is 18.9. The number of carbonyl (C=O) groups is 5. The highest BCUT2D eigenvalue weighted by molar-refractivity contribution is 5.82. The molecule has 0 aromatic rings. The van der Waals surface area contributed by atoms with Crippen LogP contribution in [-0.2, 0) is 52.3 Å². The Bertz CT molecular complexity index is 718. The van der Waals surface area contributed by atoms with Gasteiger partial charge in [0.15, 0.2) is 0 Å². The van der Waals surface area contributed by atoms with Crippen molar-refractivity contribution >= 4 is 29.9 Å². The quantitative estimate of drug-likeness (QED) is 0.114. The van der Waals surface area contributed by atoms with Crippen molar-refractivity contribution in [2.24, 2.45) is 0 Å². The van der Waals surface area contributed by atoms with Gasteiger partial charge in [0.2, 0.25) is 5.91 Å². The highest BCUT2D eigenvalue weighted by Crippen LogP contribution is 2.11. The van der Waals surface area contributed by atoms with Gasteiger partial charge in [-0.25, -0.2) is 4.79 Å². The number of ether oxygens (including phenoxy) is 7. The van der Waals surface area contributed by atoms with Gasteiger partial charge in [0.05, 0.1) is 78.7 Å². The highest BCUT2D eigenvalue weighted by Gasteiger charge is 2.34. The number of amides is 2. The Morgan fingerprint density at radius 1 is 0.625 bits per heavy atom. The minimum atomic E-state index is -1.31. The monoisotopic (exact) mass is 578 g/mol. The maximum absolute atomic E-state index is 12.8. The van der Waals surface area contributed by atoms with E-state index in [9.17, 15) is 24.0 Å². The van der Waals surface area contributed by atoms with Gasteiger partial charge in [-0.2, -0.15) is 0 Å². The summed E-state index contributed by atoms with van der Waals surface area (Å²) in [7, 11) is 0. The molecule has 14 heteroatoms. The lowest BCUT2D eigenvalue weighted by molar-refractivity contribution is -0.145. The van der Waals surface area contributed by atoms with Crippen LogP contribution in [0, 0.1) is 0 Å². The zero-order chi connectivity index (χ0) is 30.4. The van der Waals surface area contributed by atoms with Crippen LogP contribution in [0.2, 0.25) is 0 Å². The molecule has 0 unspecified atom stereocenters. The summed E-state index contributed by atoms with van der Waals surface area (Å²) in [5.74, 6) is -1.96. The molecule has 0 aliphatic rings. The normalized spacial score (nSPS) is 11.3. The fourth-order valence-corrected chi connectivity index (χ4v) is 3.01. The Morgan fingerprint density at radius 3 is 1.32 bits per heavy atom. The van der Waals surface area contributed by atoms with Crippen LogP contribution < -0.4 is 10.6 Å². The fourth-order valence-electron chi connectivity index (χ4n) is 3.01. The highest BCUT2D eigenvalue weighted by atomic mass is 16.6. The zero-order valence-corrected chi connectivity index (χ0v) is 24.6. The summed E-state index contributed by atoms with van der Waals surface area (Å²) in [6, 6.07) is 0. The van der Waals surface area contributed by atoms with Crippen LogP contribution in [0.1, 0.15) is 60.8 Å². The Morgan fingerprint density at radius 2 is 1.00 bits per heavy atom. The Hall–Kier alpha value is -2.97. The molecule has 0 aromatic heterocycles. The standard InChI is InChI=1S/C26H46N2O12/c1-7-37-21(30)10-13-34-17-26(18-35-14-11-22(31)38-8-2,19-36-15-12-23(32)39-9-3)28-20(29)16-27-24(33)40-25(4,5)6/h7-19H2,1-6H3,(H,27,33)(H,28,29). The van der Waals surface area contributed by atoms with Crippen molar-refractivity contribution in [2.75, 3.05) is 66.0 Å². The molecule has 232 valence electrons. The Balaban J connectivity index is 5.48. The second-order valence-electron chi connectivity index (χ2n) is 9.51. The van der Waals surface area contributed by atoms with Gasteiger partial charge in [0.1, 0.15) is 17.7 Å². The van der Waals surface area contributed by atoms with Gasteiger partial charge in [-0.05, 0) is 41.5 Å². The summed E-state index contributed by atoms with van der Waals surface area (Å²) in [5.41, 5.74) is -2.07. The molecular formula is C26H46N2O12. The lowest BCUT2D eigenvalue weighted by Gasteiger charge is -2.34. The first-order valence-corrected chi connectivity index (χ1v) is 13.3. The molecule has 0 heterocycles. The zero-order valence-electron chi connectivity index (χ0n) is 24.6. The second-order valence-corrected chi connectivity index (χ2v) is 9.51. The molecule has 2 N–H and O–H groups in total. The number of hydrogen-bond donors (Lipinski definition) is 2. The van der Waals surface area contributed by atoms with Gasteiger partial charge in [0, 0.05) is 0 Å². The second kappa shape index (κ2) is 20.9. The molecule has 0 radical (unpaired) electrons. The average molecular weight is 579 g/mol. The minimum absolute atomic E-state index is 0.0156. The van der Waals surface area contributed by atoms with Crippen LogP contribution in [0.15, 0.2) is 0 Å². The molecule has 0 fully saturated rings. The third-order valence-corrected chi connectivity index (χ3v) is 4.60. The van der Waals surface area contributed by atoms with Crippen LogP contribution in [0.5, 0.6) is 0 Å². The first kappa shape index (κ1) is 37.0. The van der Waals surface area contributed by atoms with Crippen molar-refractivity contribution in [3.05, 3.63) is 0 Å². The predicted octanol–water partition coefficient (Wildman–Crippen LogP) is 1.28. The summed E-state index contributed by atoms with van der Waals surface area (Å²) in [5, 5.41) is 5.13. The molecule has 2 amide bonds. The van der Waals surface area contributed by atoms with Crippen LogP contribution in [-0.4, -0.2) is 107 Å². The maximum Gasteiger partial charge on any atom is 0.408 e. The van der Waals surface area contributed by atoms with Crippen molar-refractivity contribution < 1.29 is 57.1 Å². The van der Waals surface area contributed by atoms with Crippen molar-refractivity contribution in [3.63, 3.8) is 0 Å². The summed E-state index contributed by atoms with van der Waals surface area (Å²) >= 11 is 0. The summed E-state index contributed by atoms with van der Waals surface area (Å²) in [6.07, 6.45) is -0.849. The summed E-state index contributed by atoms with van der Waals surface area (Å²) < 4.78 is 36.8. The molecule has 0 saturated heterocycles. The topological polar surface area (TPSA) is 174 Å². The molecule has 0 rings (SSSR count). The lowest BCUT2D eigenvalue weighted by Crippen LogP contribution is -2.60. The number of carbonyl (C=O) groups excluding carboxylic acids is 5. The lowest BCUT2D eigenvalue weighted by atomic mass is 10.0. The van der Waals surface area contributed by atoms with Gasteiger partial charge in [-0.3, -0.25) is 19.2 Å². The summed E-state index contributed by atoms with van der Waals surface area (Å²) in [4.78, 5) is 59.9. The van der Waals surface area contributed by atoms with E-state index < -0.39 is 47.6 Å². The van der Waals surface area contributed by atoms with E-state index in [1.54, 1.807) is 41.5 Å². The average Bonchev–Trinajstić information content (AvgIpc) is 2.85. The van der Waals surface area contributed by atoms with E-state index in [0.717, 1.165) is 0 Å². The molecule has 0 bridgehead atoms. The van der Waals surface area contributed by atoms with E-state index in [2.05, 4.69) is 10.6 Å². The molecule has 0 aliphatic carbocycles. The third-order valence-electron chi connectivity index (χ3n) is 4.60. The van der Waals surface area contributed by atoms with E-state index in [-0.39, 0.29) is 78.7 Å². The molecule has 0 aliphatic heterocycles. The van der Waals surface area contributed by atoms with Gasteiger partial charge in [-0.15, -0.1) is 0 Å². The van der Waals surface area contributed by atoms with Crippen LogP contribution in [0.3, 0.4) is 0 Å². The molecule has 0 spiro atoms. The van der Waals surface area contributed by atoms with Gasteiger partial charge >= 0.3 is 24.0 Å². The molecule has 40 heavy (non-hydrogen) atoms. The molecule has 0 saturated carbocycles. The van der Waals surface area contributed by atoms with Crippen LogP contribution in [0.4, 0.5) is 4.79 Å². The molecule has 14 nitrogen and oxygen atoms in total. The van der Waals surface area contributed by atoms with E-state index in [0.29, 0.717) is 0 Å². The maximum atomic E-state index is 12.8.